The standard InChI is InChI=1S/C13H23N3S3/c1-5-14-10-9(7-6-8-13(10,2)3)18-12-16-15-11(17-4)19-12/h9-10,14H,5-8H2,1-4H3. The van der Waals surface area contributed by atoms with Crippen molar-refractivity contribution in [2.45, 2.75) is 60.0 Å². The molecule has 1 aromatic heterocycles. The first-order chi connectivity index (χ1) is 9.06. The first-order valence-electron chi connectivity index (χ1n) is 6.84. The van der Waals surface area contributed by atoms with Crippen molar-refractivity contribution in [3.8, 4) is 0 Å². The number of rotatable bonds is 5. The summed E-state index contributed by atoms with van der Waals surface area (Å²) in [5, 5.41) is 12.8. The maximum atomic E-state index is 4.31. The average Bonchev–Trinajstić information content (AvgIpc) is 2.81. The fourth-order valence-electron chi connectivity index (χ4n) is 2.80. The molecule has 19 heavy (non-hydrogen) atoms. The van der Waals surface area contributed by atoms with Crippen molar-refractivity contribution in [2.75, 3.05) is 12.8 Å². The highest BCUT2D eigenvalue weighted by Gasteiger charge is 2.39. The zero-order chi connectivity index (χ0) is 13.9. The molecule has 0 radical (unpaired) electrons. The molecule has 1 aliphatic carbocycles. The van der Waals surface area contributed by atoms with E-state index in [9.17, 15) is 0 Å². The van der Waals surface area contributed by atoms with Crippen molar-refractivity contribution in [1.29, 1.82) is 0 Å². The van der Waals surface area contributed by atoms with E-state index >= 15 is 0 Å². The van der Waals surface area contributed by atoms with E-state index in [0.29, 0.717) is 16.7 Å². The molecule has 1 N–H and O–H groups in total. The van der Waals surface area contributed by atoms with E-state index in [1.54, 1.807) is 23.1 Å². The van der Waals surface area contributed by atoms with E-state index in [0.717, 1.165) is 15.2 Å². The van der Waals surface area contributed by atoms with Crippen LogP contribution < -0.4 is 5.32 Å². The van der Waals surface area contributed by atoms with Gasteiger partial charge < -0.3 is 5.32 Å². The highest BCUT2D eigenvalue weighted by atomic mass is 32.2. The molecule has 0 aromatic carbocycles. The molecule has 0 spiro atoms. The van der Waals surface area contributed by atoms with Crippen LogP contribution in [0.4, 0.5) is 0 Å². The molecular formula is C13H23N3S3. The molecule has 108 valence electrons. The largest absolute Gasteiger partial charge is 0.313 e. The highest BCUT2D eigenvalue weighted by molar-refractivity contribution is 8.03. The van der Waals surface area contributed by atoms with Crippen LogP contribution in [-0.2, 0) is 0 Å². The zero-order valence-corrected chi connectivity index (χ0v) is 14.6. The van der Waals surface area contributed by atoms with Crippen LogP contribution in [0.25, 0.3) is 0 Å². The predicted molar refractivity (Wildman–Crippen MR) is 86.4 cm³/mol. The molecule has 1 aliphatic rings. The molecule has 2 atom stereocenters. The van der Waals surface area contributed by atoms with Gasteiger partial charge in [0.25, 0.3) is 0 Å². The summed E-state index contributed by atoms with van der Waals surface area (Å²) < 4.78 is 2.19. The lowest BCUT2D eigenvalue weighted by atomic mass is 9.73. The molecule has 2 rings (SSSR count). The molecule has 0 aliphatic heterocycles. The van der Waals surface area contributed by atoms with Gasteiger partial charge in [-0.05, 0) is 31.1 Å². The van der Waals surface area contributed by atoms with Gasteiger partial charge in [-0.15, -0.1) is 10.2 Å². The van der Waals surface area contributed by atoms with Crippen molar-refractivity contribution in [2.24, 2.45) is 5.41 Å². The van der Waals surface area contributed by atoms with Crippen LogP contribution >= 0.6 is 34.9 Å². The Morgan fingerprint density at radius 1 is 1.37 bits per heavy atom. The van der Waals surface area contributed by atoms with E-state index in [1.807, 2.05) is 11.8 Å². The lowest BCUT2D eigenvalue weighted by molar-refractivity contribution is 0.176. The summed E-state index contributed by atoms with van der Waals surface area (Å²) in [6.45, 7) is 8.02. The van der Waals surface area contributed by atoms with Gasteiger partial charge in [-0.1, -0.05) is 62.1 Å². The van der Waals surface area contributed by atoms with Gasteiger partial charge in [0, 0.05) is 11.3 Å². The molecule has 0 saturated heterocycles. The normalized spacial score (nSPS) is 26.5. The minimum atomic E-state index is 0.374. The number of aromatic nitrogens is 2. The van der Waals surface area contributed by atoms with Crippen molar-refractivity contribution < 1.29 is 0 Å². The topological polar surface area (TPSA) is 37.8 Å². The highest BCUT2D eigenvalue weighted by Crippen LogP contribution is 2.43. The second kappa shape index (κ2) is 6.78. The molecular weight excluding hydrogens is 294 g/mol. The van der Waals surface area contributed by atoms with Crippen LogP contribution in [0, 0.1) is 5.41 Å². The first-order valence-corrected chi connectivity index (χ1v) is 9.76. The minimum Gasteiger partial charge on any atom is -0.313 e. The fraction of sp³-hybridized carbons (Fsp3) is 0.846. The first kappa shape index (κ1) is 15.6. The summed E-state index contributed by atoms with van der Waals surface area (Å²) in [7, 11) is 0. The monoisotopic (exact) mass is 317 g/mol. The number of nitrogens with one attached hydrogen (secondary N) is 1. The molecule has 1 aromatic rings. The third-order valence-electron chi connectivity index (χ3n) is 3.76. The van der Waals surface area contributed by atoms with Gasteiger partial charge >= 0.3 is 0 Å². The van der Waals surface area contributed by atoms with Crippen molar-refractivity contribution >= 4 is 34.9 Å². The van der Waals surface area contributed by atoms with Gasteiger partial charge in [-0.25, -0.2) is 0 Å². The molecule has 1 saturated carbocycles. The van der Waals surface area contributed by atoms with Gasteiger partial charge in [0.2, 0.25) is 0 Å². The molecule has 3 nitrogen and oxygen atoms in total. The van der Waals surface area contributed by atoms with Gasteiger partial charge in [0.15, 0.2) is 8.68 Å². The summed E-state index contributed by atoms with van der Waals surface area (Å²) in [4.78, 5) is 0. The quantitative estimate of drug-likeness (QED) is 0.834. The minimum absolute atomic E-state index is 0.374. The number of thioether (sulfide) groups is 2. The zero-order valence-electron chi connectivity index (χ0n) is 12.1. The Morgan fingerprint density at radius 2 is 2.11 bits per heavy atom. The average molecular weight is 318 g/mol. The summed E-state index contributed by atoms with van der Waals surface area (Å²) in [5.74, 6) is 0. The molecule has 0 bridgehead atoms. The molecule has 1 heterocycles. The van der Waals surface area contributed by atoms with Gasteiger partial charge in [0.1, 0.15) is 0 Å². The maximum Gasteiger partial charge on any atom is 0.175 e. The third kappa shape index (κ3) is 3.86. The third-order valence-corrected chi connectivity index (χ3v) is 7.09. The molecule has 2 unspecified atom stereocenters. The summed E-state index contributed by atoms with van der Waals surface area (Å²) in [5.41, 5.74) is 0.374. The van der Waals surface area contributed by atoms with E-state index in [-0.39, 0.29) is 0 Å². The summed E-state index contributed by atoms with van der Waals surface area (Å²) in [6.07, 6.45) is 5.97. The molecule has 1 fully saturated rings. The Labute approximate surface area is 128 Å². The predicted octanol–water partition coefficient (Wildman–Crippen LogP) is 3.91. The van der Waals surface area contributed by atoms with E-state index in [2.05, 4.69) is 42.5 Å². The number of hydrogen-bond donors (Lipinski definition) is 1. The van der Waals surface area contributed by atoms with Crippen molar-refractivity contribution in [1.82, 2.24) is 15.5 Å². The van der Waals surface area contributed by atoms with Crippen molar-refractivity contribution in [3.05, 3.63) is 0 Å². The Bertz CT molecular complexity index is 406. The smallest absolute Gasteiger partial charge is 0.175 e. The van der Waals surface area contributed by atoms with Gasteiger partial charge in [-0.2, -0.15) is 0 Å². The van der Waals surface area contributed by atoms with E-state index < -0.39 is 0 Å². The summed E-state index contributed by atoms with van der Waals surface area (Å²) in [6, 6.07) is 0.567. The maximum absolute atomic E-state index is 4.31. The molecule has 6 heteroatoms. The van der Waals surface area contributed by atoms with E-state index in [1.165, 1.54) is 19.3 Å². The SMILES string of the molecule is CCNC1C(Sc2nnc(SC)s2)CCCC1(C)C. The second-order valence-electron chi connectivity index (χ2n) is 5.61. The van der Waals surface area contributed by atoms with Crippen molar-refractivity contribution in [3.63, 3.8) is 0 Å². The second-order valence-corrected chi connectivity index (χ2v) is 9.13. The van der Waals surface area contributed by atoms with Gasteiger partial charge in [0.05, 0.1) is 0 Å². The number of nitrogens with zero attached hydrogens (tertiary/aromatic N) is 2. The molecule has 0 amide bonds. The van der Waals surface area contributed by atoms with Crippen LogP contribution in [0.15, 0.2) is 8.68 Å². The van der Waals surface area contributed by atoms with Crippen LogP contribution in [0.1, 0.15) is 40.0 Å². The lowest BCUT2D eigenvalue weighted by Gasteiger charge is -2.44. The van der Waals surface area contributed by atoms with Crippen LogP contribution in [0.2, 0.25) is 0 Å². The summed E-state index contributed by atoms with van der Waals surface area (Å²) >= 11 is 5.32. The Morgan fingerprint density at radius 3 is 2.74 bits per heavy atom. The van der Waals surface area contributed by atoms with Crippen LogP contribution in [0.3, 0.4) is 0 Å². The Kier molecular flexibility index (Phi) is 5.57. The van der Waals surface area contributed by atoms with Crippen LogP contribution in [-0.4, -0.2) is 34.3 Å². The van der Waals surface area contributed by atoms with Gasteiger partial charge in [-0.3, -0.25) is 0 Å². The number of hydrogen-bond acceptors (Lipinski definition) is 6. The Hall–Kier alpha value is 0.220. The Balaban J connectivity index is 2.07. The fourth-order valence-corrected chi connectivity index (χ4v) is 5.99. The lowest BCUT2D eigenvalue weighted by Crippen LogP contribution is -2.51. The van der Waals surface area contributed by atoms with Crippen LogP contribution in [0.5, 0.6) is 0 Å². The van der Waals surface area contributed by atoms with E-state index in [4.69, 9.17) is 0 Å².